The van der Waals surface area contributed by atoms with Gasteiger partial charge in [-0.2, -0.15) is 28.2 Å². The molecule has 0 bridgehead atoms. The second-order valence-corrected chi connectivity index (χ2v) is 7.05. The summed E-state index contributed by atoms with van der Waals surface area (Å²) in [5, 5.41) is 4.72. The molecular formula is C18H16ClF3N6O. The van der Waals surface area contributed by atoms with Gasteiger partial charge in [-0.25, -0.2) is 4.68 Å². The summed E-state index contributed by atoms with van der Waals surface area (Å²) in [5.74, 6) is 0.532. The molecule has 0 N–H and O–H groups in total. The number of hydrogen-bond acceptors (Lipinski definition) is 5. The van der Waals surface area contributed by atoms with Crippen molar-refractivity contribution >= 4 is 34.4 Å². The van der Waals surface area contributed by atoms with Gasteiger partial charge in [-0.05, 0) is 29.8 Å². The molecule has 4 rings (SSSR count). The van der Waals surface area contributed by atoms with E-state index in [4.69, 9.17) is 11.6 Å². The molecule has 1 amide bonds. The molecule has 1 aliphatic rings. The predicted molar refractivity (Wildman–Crippen MR) is 101 cm³/mol. The van der Waals surface area contributed by atoms with Gasteiger partial charge in [0.1, 0.15) is 5.82 Å². The van der Waals surface area contributed by atoms with Gasteiger partial charge in [0.05, 0.1) is 22.8 Å². The molecule has 0 atom stereocenters. The molecule has 0 unspecified atom stereocenters. The lowest BCUT2D eigenvalue weighted by Gasteiger charge is -2.22. The Labute approximate surface area is 168 Å². The average Bonchev–Trinajstić information content (AvgIpc) is 3.02. The van der Waals surface area contributed by atoms with Crippen molar-refractivity contribution in [1.29, 1.82) is 0 Å². The van der Waals surface area contributed by atoms with Crippen molar-refractivity contribution in [2.75, 3.05) is 31.6 Å². The van der Waals surface area contributed by atoms with Gasteiger partial charge in [0.25, 0.3) is 0 Å². The van der Waals surface area contributed by atoms with E-state index in [0.29, 0.717) is 42.9 Å². The molecule has 1 aliphatic heterocycles. The maximum Gasteiger partial charge on any atom is 0.416 e. The van der Waals surface area contributed by atoms with Gasteiger partial charge in [-0.15, -0.1) is 0 Å². The SMILES string of the molecule is CN1CCN(c2nc(Cl)nc3c2cnn3-c2cccc(C(F)(F)F)c2)CCC1=O. The Balaban J connectivity index is 1.79. The number of fused-ring (bicyclic) bond motifs is 1. The molecule has 7 nitrogen and oxygen atoms in total. The number of hydrogen-bond donors (Lipinski definition) is 0. The highest BCUT2D eigenvalue weighted by atomic mass is 35.5. The molecule has 1 fully saturated rings. The van der Waals surface area contributed by atoms with Crippen LogP contribution in [0.3, 0.4) is 0 Å². The van der Waals surface area contributed by atoms with Crippen molar-refractivity contribution in [3.05, 3.63) is 41.3 Å². The van der Waals surface area contributed by atoms with Gasteiger partial charge in [-0.3, -0.25) is 4.79 Å². The predicted octanol–water partition coefficient (Wildman–Crippen LogP) is 3.16. The van der Waals surface area contributed by atoms with E-state index in [2.05, 4.69) is 15.1 Å². The van der Waals surface area contributed by atoms with Crippen molar-refractivity contribution in [3.63, 3.8) is 0 Å². The van der Waals surface area contributed by atoms with Crippen LogP contribution in [0.4, 0.5) is 19.0 Å². The lowest BCUT2D eigenvalue weighted by Crippen LogP contribution is -2.30. The van der Waals surface area contributed by atoms with Crippen LogP contribution in [0.5, 0.6) is 0 Å². The number of benzene rings is 1. The first-order valence-electron chi connectivity index (χ1n) is 8.82. The Morgan fingerprint density at radius 3 is 2.69 bits per heavy atom. The van der Waals surface area contributed by atoms with Gasteiger partial charge in [0, 0.05) is 33.1 Å². The summed E-state index contributed by atoms with van der Waals surface area (Å²) in [4.78, 5) is 24.0. The summed E-state index contributed by atoms with van der Waals surface area (Å²) in [6.07, 6.45) is -2.65. The topological polar surface area (TPSA) is 67.2 Å². The zero-order chi connectivity index (χ0) is 20.8. The lowest BCUT2D eigenvalue weighted by molar-refractivity contribution is -0.137. The Morgan fingerprint density at radius 2 is 1.93 bits per heavy atom. The number of carbonyl (C=O) groups excluding carboxylic acids is 1. The third-order valence-corrected chi connectivity index (χ3v) is 4.99. The molecular weight excluding hydrogens is 409 g/mol. The quantitative estimate of drug-likeness (QED) is 0.591. The van der Waals surface area contributed by atoms with E-state index in [1.807, 2.05) is 4.90 Å². The summed E-state index contributed by atoms with van der Waals surface area (Å²) in [5.41, 5.74) is -0.280. The number of halogens is 4. The van der Waals surface area contributed by atoms with Gasteiger partial charge in [-0.1, -0.05) is 6.07 Å². The summed E-state index contributed by atoms with van der Waals surface area (Å²) >= 11 is 6.11. The van der Waals surface area contributed by atoms with E-state index in [1.165, 1.54) is 23.0 Å². The van der Waals surface area contributed by atoms with Crippen LogP contribution in [0.15, 0.2) is 30.5 Å². The summed E-state index contributed by atoms with van der Waals surface area (Å²) in [7, 11) is 1.74. The van der Waals surface area contributed by atoms with Gasteiger partial charge in [0.2, 0.25) is 11.2 Å². The maximum atomic E-state index is 13.1. The number of rotatable bonds is 2. The van der Waals surface area contributed by atoms with E-state index in [1.54, 1.807) is 11.9 Å². The number of anilines is 1. The van der Waals surface area contributed by atoms with Crippen LogP contribution in [0.25, 0.3) is 16.7 Å². The monoisotopic (exact) mass is 424 g/mol. The van der Waals surface area contributed by atoms with E-state index in [0.717, 1.165) is 12.1 Å². The number of carbonyl (C=O) groups is 1. The molecule has 29 heavy (non-hydrogen) atoms. The number of likely N-dealkylation sites (N-methyl/N-ethyl adjacent to an activating group) is 1. The van der Waals surface area contributed by atoms with Crippen molar-refractivity contribution in [2.24, 2.45) is 0 Å². The number of aromatic nitrogens is 4. The summed E-state index contributed by atoms with van der Waals surface area (Å²) in [6, 6.07) is 4.82. The third-order valence-electron chi connectivity index (χ3n) is 4.83. The Kier molecular flexibility index (Phi) is 4.81. The van der Waals surface area contributed by atoms with Gasteiger partial charge >= 0.3 is 6.18 Å². The van der Waals surface area contributed by atoms with Crippen LogP contribution in [0.1, 0.15) is 12.0 Å². The normalized spacial score (nSPS) is 15.8. The fourth-order valence-electron chi connectivity index (χ4n) is 3.25. The van der Waals surface area contributed by atoms with Crippen molar-refractivity contribution in [1.82, 2.24) is 24.6 Å². The minimum Gasteiger partial charge on any atom is -0.354 e. The molecule has 152 valence electrons. The van der Waals surface area contributed by atoms with Crippen LogP contribution >= 0.6 is 11.6 Å². The highest BCUT2D eigenvalue weighted by molar-refractivity contribution is 6.28. The zero-order valence-corrected chi connectivity index (χ0v) is 16.1. The van der Waals surface area contributed by atoms with Gasteiger partial charge in [0.15, 0.2) is 5.65 Å². The van der Waals surface area contributed by atoms with Gasteiger partial charge < -0.3 is 9.80 Å². The highest BCUT2D eigenvalue weighted by Crippen LogP contribution is 2.32. The maximum absolute atomic E-state index is 13.1. The molecule has 0 radical (unpaired) electrons. The molecule has 1 aromatic carbocycles. The molecule has 3 heterocycles. The fraction of sp³-hybridized carbons (Fsp3) is 0.333. The molecule has 1 saturated heterocycles. The summed E-state index contributed by atoms with van der Waals surface area (Å²) < 4.78 is 40.5. The van der Waals surface area contributed by atoms with E-state index < -0.39 is 11.7 Å². The minimum absolute atomic E-state index is 0.0311. The first-order chi connectivity index (χ1) is 13.7. The zero-order valence-electron chi connectivity index (χ0n) is 15.3. The first kappa shape index (κ1) is 19.4. The molecule has 11 heteroatoms. The number of amides is 1. The van der Waals surface area contributed by atoms with Crippen LogP contribution in [-0.2, 0) is 11.0 Å². The van der Waals surface area contributed by atoms with Crippen molar-refractivity contribution < 1.29 is 18.0 Å². The van der Waals surface area contributed by atoms with Crippen LogP contribution in [-0.4, -0.2) is 57.2 Å². The molecule has 0 saturated carbocycles. The van der Waals surface area contributed by atoms with E-state index in [9.17, 15) is 18.0 Å². The Hall–Kier alpha value is -2.88. The van der Waals surface area contributed by atoms with Crippen LogP contribution < -0.4 is 4.90 Å². The molecule has 0 aliphatic carbocycles. The molecule has 3 aromatic rings. The minimum atomic E-state index is -4.47. The van der Waals surface area contributed by atoms with E-state index in [-0.39, 0.29) is 16.9 Å². The van der Waals surface area contributed by atoms with Crippen molar-refractivity contribution in [3.8, 4) is 5.69 Å². The first-order valence-corrected chi connectivity index (χ1v) is 9.19. The lowest BCUT2D eigenvalue weighted by atomic mass is 10.2. The summed E-state index contributed by atoms with van der Waals surface area (Å²) in [6.45, 7) is 1.50. The standard InChI is InChI=1S/C18H16ClF3N6O/c1-26-7-8-27(6-5-14(26)29)15-13-10-23-28(16(13)25-17(19)24-15)12-4-2-3-11(9-12)18(20,21)22/h2-4,9-10H,5-8H2,1H3. The van der Waals surface area contributed by atoms with Crippen LogP contribution in [0, 0.1) is 0 Å². The fourth-order valence-corrected chi connectivity index (χ4v) is 3.41. The smallest absolute Gasteiger partial charge is 0.354 e. The largest absolute Gasteiger partial charge is 0.416 e. The molecule has 0 spiro atoms. The molecule has 2 aromatic heterocycles. The van der Waals surface area contributed by atoms with Crippen molar-refractivity contribution in [2.45, 2.75) is 12.6 Å². The Morgan fingerprint density at radius 1 is 1.14 bits per heavy atom. The number of alkyl halides is 3. The van der Waals surface area contributed by atoms with E-state index >= 15 is 0 Å². The second kappa shape index (κ2) is 7.18. The third kappa shape index (κ3) is 3.71. The second-order valence-electron chi connectivity index (χ2n) is 6.71. The van der Waals surface area contributed by atoms with Crippen LogP contribution in [0.2, 0.25) is 5.28 Å². The number of nitrogens with zero attached hydrogens (tertiary/aromatic N) is 6. The Bertz CT molecular complexity index is 1080. The highest BCUT2D eigenvalue weighted by Gasteiger charge is 2.31. The average molecular weight is 425 g/mol.